The summed E-state index contributed by atoms with van der Waals surface area (Å²) in [6.07, 6.45) is 0. The molecular weight excluding hydrogens is 612 g/mol. The molecule has 3 aromatic carbocycles. The third-order valence-electron chi connectivity index (χ3n) is 5.88. The summed E-state index contributed by atoms with van der Waals surface area (Å²) in [5, 5.41) is 11.8. The number of phenols is 1. The fourth-order valence-corrected chi connectivity index (χ4v) is 6.39. The van der Waals surface area contributed by atoms with Crippen LogP contribution in [0.5, 0.6) is 23.0 Å². The van der Waals surface area contributed by atoms with Crippen LogP contribution in [0.25, 0.3) is 31.7 Å². The Hall–Kier alpha value is -3.08. The van der Waals surface area contributed by atoms with Crippen molar-refractivity contribution < 1.29 is 19.3 Å². The van der Waals surface area contributed by atoms with E-state index in [1.807, 2.05) is 36.4 Å². The van der Waals surface area contributed by atoms with Crippen LogP contribution in [0.2, 0.25) is 0 Å². The van der Waals surface area contributed by atoms with Gasteiger partial charge in [0.2, 0.25) is 5.75 Å². The molecule has 0 bridgehead atoms. The Kier molecular flexibility index (Phi) is 6.67. The smallest absolute Gasteiger partial charge is 0.263 e. The zero-order chi connectivity index (χ0) is 25.6. The molecule has 0 aliphatic carbocycles. The van der Waals surface area contributed by atoms with E-state index >= 15 is 0 Å². The quantitative estimate of drug-likeness (QED) is 0.228. The SMILES string of the molecule is COc1cc(-c2nc3sc4c(O)c(Br)ccc4c3c(=O)n2Cc2ccccc2)c(Br)c(OC)c1OC. The second-order valence-electron chi connectivity index (χ2n) is 7.87. The van der Waals surface area contributed by atoms with Crippen molar-refractivity contribution in [2.45, 2.75) is 6.54 Å². The normalized spacial score (nSPS) is 11.2. The lowest BCUT2D eigenvalue weighted by Gasteiger charge is -2.19. The number of aromatic nitrogens is 2. The van der Waals surface area contributed by atoms with E-state index in [-0.39, 0.29) is 11.3 Å². The van der Waals surface area contributed by atoms with Crippen LogP contribution >= 0.6 is 43.2 Å². The molecule has 0 fully saturated rings. The summed E-state index contributed by atoms with van der Waals surface area (Å²) in [4.78, 5) is 19.5. The molecule has 5 rings (SSSR count). The van der Waals surface area contributed by atoms with Crippen LogP contribution in [0.1, 0.15) is 5.56 Å². The predicted octanol–water partition coefficient (Wildman–Crippen LogP) is 6.58. The molecule has 7 nitrogen and oxygen atoms in total. The molecule has 0 aliphatic heterocycles. The van der Waals surface area contributed by atoms with Gasteiger partial charge in [0, 0.05) is 10.9 Å². The number of nitrogens with zero attached hydrogens (tertiary/aromatic N) is 2. The Morgan fingerprint density at radius 3 is 2.39 bits per heavy atom. The third kappa shape index (κ3) is 3.93. The lowest BCUT2D eigenvalue weighted by molar-refractivity contribution is 0.323. The van der Waals surface area contributed by atoms with Crippen LogP contribution in [0.4, 0.5) is 0 Å². The molecule has 2 heterocycles. The van der Waals surface area contributed by atoms with Gasteiger partial charge in [0.1, 0.15) is 16.4 Å². The van der Waals surface area contributed by atoms with Crippen LogP contribution < -0.4 is 19.8 Å². The van der Waals surface area contributed by atoms with Crippen molar-refractivity contribution in [3.8, 4) is 34.4 Å². The van der Waals surface area contributed by atoms with Gasteiger partial charge in [-0.3, -0.25) is 9.36 Å². The number of methoxy groups -OCH3 is 3. The van der Waals surface area contributed by atoms with Gasteiger partial charge in [0.05, 0.1) is 46.9 Å². The molecule has 0 spiro atoms. The maximum atomic E-state index is 14.1. The molecular formula is C26H20Br2N2O5S. The summed E-state index contributed by atoms with van der Waals surface area (Å²) in [5.74, 6) is 1.79. The summed E-state index contributed by atoms with van der Waals surface area (Å²) in [6.45, 7) is 0.293. The monoisotopic (exact) mass is 630 g/mol. The maximum absolute atomic E-state index is 14.1. The van der Waals surface area contributed by atoms with E-state index in [0.29, 0.717) is 64.4 Å². The molecule has 2 aromatic heterocycles. The van der Waals surface area contributed by atoms with Crippen molar-refractivity contribution in [1.82, 2.24) is 9.55 Å². The van der Waals surface area contributed by atoms with Crippen molar-refractivity contribution in [2.75, 3.05) is 21.3 Å². The highest BCUT2D eigenvalue weighted by Crippen LogP contribution is 2.48. The molecule has 10 heteroatoms. The first-order valence-corrected chi connectivity index (χ1v) is 13.2. The molecule has 36 heavy (non-hydrogen) atoms. The Balaban J connectivity index is 1.90. The number of halogens is 2. The molecule has 0 radical (unpaired) electrons. The second kappa shape index (κ2) is 9.76. The fourth-order valence-electron chi connectivity index (χ4n) is 4.19. The minimum Gasteiger partial charge on any atom is -0.505 e. The van der Waals surface area contributed by atoms with E-state index in [1.54, 1.807) is 16.7 Å². The summed E-state index contributed by atoms with van der Waals surface area (Å²) in [7, 11) is 4.60. The Bertz CT molecular complexity index is 1680. The number of benzene rings is 3. The van der Waals surface area contributed by atoms with Gasteiger partial charge in [0.25, 0.3) is 5.56 Å². The van der Waals surface area contributed by atoms with Gasteiger partial charge in [-0.1, -0.05) is 36.4 Å². The third-order valence-corrected chi connectivity index (χ3v) is 8.41. The number of hydrogen-bond acceptors (Lipinski definition) is 7. The highest BCUT2D eigenvalue weighted by atomic mass is 79.9. The van der Waals surface area contributed by atoms with Gasteiger partial charge in [-0.25, -0.2) is 4.98 Å². The molecule has 1 N–H and O–H groups in total. The number of fused-ring (bicyclic) bond motifs is 3. The maximum Gasteiger partial charge on any atom is 0.263 e. The number of phenolic OH excluding ortho intramolecular Hbond substituents is 1. The highest BCUT2D eigenvalue weighted by molar-refractivity contribution is 9.11. The molecule has 0 unspecified atom stereocenters. The first-order valence-electron chi connectivity index (χ1n) is 10.8. The summed E-state index contributed by atoms with van der Waals surface area (Å²) < 4.78 is 20.1. The minimum atomic E-state index is -0.215. The molecule has 0 amide bonds. The van der Waals surface area contributed by atoms with Crippen LogP contribution in [0.15, 0.2) is 62.3 Å². The first-order chi connectivity index (χ1) is 17.4. The predicted molar refractivity (Wildman–Crippen MR) is 149 cm³/mol. The van der Waals surface area contributed by atoms with Gasteiger partial charge < -0.3 is 19.3 Å². The summed E-state index contributed by atoms with van der Waals surface area (Å²) >= 11 is 8.27. The van der Waals surface area contributed by atoms with E-state index in [9.17, 15) is 9.90 Å². The highest BCUT2D eigenvalue weighted by Gasteiger charge is 2.25. The molecule has 0 saturated heterocycles. The zero-order valence-electron chi connectivity index (χ0n) is 19.5. The van der Waals surface area contributed by atoms with Gasteiger partial charge in [-0.15, -0.1) is 11.3 Å². The number of ether oxygens (including phenoxy) is 3. The van der Waals surface area contributed by atoms with Crippen LogP contribution in [0.3, 0.4) is 0 Å². The van der Waals surface area contributed by atoms with Gasteiger partial charge in [0.15, 0.2) is 11.5 Å². The van der Waals surface area contributed by atoms with Gasteiger partial charge >= 0.3 is 0 Å². The number of aromatic hydroxyl groups is 1. The van der Waals surface area contributed by atoms with Crippen molar-refractivity contribution in [3.63, 3.8) is 0 Å². The molecule has 5 aromatic rings. The van der Waals surface area contributed by atoms with Crippen LogP contribution in [0, 0.1) is 0 Å². The standard InChI is InChI=1S/C26H20Br2N2O5S/c1-33-17-11-15(19(28)22(35-3)21(17)34-2)24-29-25-18(14-9-10-16(27)20(31)23(14)36-25)26(32)30(24)12-13-7-5-4-6-8-13/h4-11,31H,12H2,1-3H3. The van der Waals surface area contributed by atoms with Crippen LogP contribution in [-0.4, -0.2) is 36.0 Å². The average molecular weight is 632 g/mol. The van der Waals surface area contributed by atoms with Crippen molar-refractivity contribution in [3.05, 3.63) is 73.4 Å². The van der Waals surface area contributed by atoms with Crippen LogP contribution in [-0.2, 0) is 6.54 Å². The van der Waals surface area contributed by atoms with Crippen molar-refractivity contribution >= 4 is 63.5 Å². The Labute approximate surface area is 227 Å². The Morgan fingerprint density at radius 2 is 1.72 bits per heavy atom. The topological polar surface area (TPSA) is 82.8 Å². The van der Waals surface area contributed by atoms with E-state index in [2.05, 4.69) is 31.9 Å². The molecule has 0 saturated carbocycles. The lowest BCUT2D eigenvalue weighted by Crippen LogP contribution is -2.24. The summed E-state index contributed by atoms with van der Waals surface area (Å²) in [6, 6.07) is 15.0. The van der Waals surface area contributed by atoms with Gasteiger partial charge in [-0.2, -0.15) is 0 Å². The number of thiophene rings is 1. The molecule has 184 valence electrons. The van der Waals surface area contributed by atoms with E-state index in [1.165, 1.54) is 32.7 Å². The molecule has 0 aliphatic rings. The molecule has 0 atom stereocenters. The zero-order valence-corrected chi connectivity index (χ0v) is 23.5. The minimum absolute atomic E-state index is 0.0834. The number of rotatable bonds is 6. The average Bonchev–Trinajstić information content (AvgIpc) is 3.27. The number of hydrogen-bond donors (Lipinski definition) is 1. The largest absolute Gasteiger partial charge is 0.505 e. The Morgan fingerprint density at radius 1 is 1.00 bits per heavy atom. The lowest BCUT2D eigenvalue weighted by atomic mass is 10.1. The first kappa shape index (κ1) is 24.6. The summed E-state index contributed by atoms with van der Waals surface area (Å²) in [5.41, 5.74) is 1.32. The van der Waals surface area contributed by atoms with E-state index < -0.39 is 0 Å². The fraction of sp³-hybridized carbons (Fsp3) is 0.154. The van der Waals surface area contributed by atoms with E-state index in [4.69, 9.17) is 19.2 Å². The van der Waals surface area contributed by atoms with Crippen molar-refractivity contribution in [2.24, 2.45) is 0 Å². The van der Waals surface area contributed by atoms with E-state index in [0.717, 1.165) is 5.56 Å². The van der Waals surface area contributed by atoms with Crippen molar-refractivity contribution in [1.29, 1.82) is 0 Å². The van der Waals surface area contributed by atoms with Gasteiger partial charge in [-0.05, 0) is 49.6 Å². The second-order valence-corrected chi connectivity index (χ2v) is 10.5.